The number of nitrogens with zero attached hydrogens (tertiary/aromatic N) is 1. The number of hydrogen-bond donors (Lipinski definition) is 0. The molecule has 0 bridgehead atoms. The van der Waals surface area contributed by atoms with E-state index in [4.69, 9.17) is 4.42 Å². The number of furan rings is 1. The molecule has 1 aromatic heterocycles. The molecule has 2 heteroatoms. The van der Waals surface area contributed by atoms with Crippen LogP contribution < -0.4 is 4.90 Å². The second-order valence-corrected chi connectivity index (χ2v) is 13.2. The number of fused-ring (bicyclic) bond motifs is 5. The van der Waals surface area contributed by atoms with E-state index in [1.54, 1.807) is 0 Å². The SMILES string of the molecule is c1ccc(-c2cccc3cccc(-c4ccccc4N(c4ccccc4-c4cccc5c4oc4ccccc45)c4cccc5ccccc45)c23)cc1. The lowest BCUT2D eigenvalue weighted by molar-refractivity contribution is 0.670. The van der Waals surface area contributed by atoms with Gasteiger partial charge in [0.25, 0.3) is 0 Å². The average molecular weight is 664 g/mol. The average Bonchev–Trinajstić information content (AvgIpc) is 3.61. The van der Waals surface area contributed by atoms with Gasteiger partial charge in [-0.1, -0.05) is 176 Å². The third-order valence-corrected chi connectivity index (χ3v) is 10.3. The first-order valence-electron chi connectivity index (χ1n) is 17.8. The van der Waals surface area contributed by atoms with Crippen LogP contribution in [0.25, 0.3) is 76.9 Å². The maximum absolute atomic E-state index is 6.63. The number of benzene rings is 9. The van der Waals surface area contributed by atoms with Gasteiger partial charge in [0.05, 0.1) is 17.1 Å². The van der Waals surface area contributed by atoms with Crippen LogP contribution in [0.15, 0.2) is 205 Å². The molecule has 0 aliphatic rings. The fraction of sp³-hybridized carbons (Fsp3) is 0. The van der Waals surface area contributed by atoms with Crippen molar-refractivity contribution in [2.24, 2.45) is 0 Å². The zero-order valence-corrected chi connectivity index (χ0v) is 28.4. The van der Waals surface area contributed by atoms with E-state index in [0.29, 0.717) is 0 Å². The third kappa shape index (κ3) is 4.88. The Hall–Kier alpha value is -6.90. The van der Waals surface area contributed by atoms with Gasteiger partial charge in [0.15, 0.2) is 0 Å². The lowest BCUT2D eigenvalue weighted by Gasteiger charge is -2.31. The molecule has 10 rings (SSSR count). The van der Waals surface area contributed by atoms with E-state index in [0.717, 1.165) is 55.7 Å². The smallest absolute Gasteiger partial charge is 0.143 e. The Morgan fingerprint density at radius 2 is 0.808 bits per heavy atom. The summed E-state index contributed by atoms with van der Waals surface area (Å²) in [5.74, 6) is 0. The van der Waals surface area contributed by atoms with Gasteiger partial charge < -0.3 is 9.32 Å². The zero-order valence-electron chi connectivity index (χ0n) is 28.4. The molecule has 0 saturated carbocycles. The highest BCUT2D eigenvalue weighted by Crippen LogP contribution is 2.49. The van der Waals surface area contributed by atoms with Crippen LogP contribution in [-0.2, 0) is 0 Å². The number of anilines is 3. The minimum absolute atomic E-state index is 0.892. The van der Waals surface area contributed by atoms with Gasteiger partial charge in [0.1, 0.15) is 11.2 Å². The fourth-order valence-corrected chi connectivity index (χ4v) is 7.97. The normalized spacial score (nSPS) is 11.5. The van der Waals surface area contributed by atoms with Gasteiger partial charge in [-0.3, -0.25) is 0 Å². The summed E-state index contributed by atoms with van der Waals surface area (Å²) in [5, 5.41) is 7.06. The van der Waals surface area contributed by atoms with E-state index in [-0.39, 0.29) is 0 Å². The van der Waals surface area contributed by atoms with Crippen LogP contribution in [0.4, 0.5) is 17.1 Å². The van der Waals surface area contributed by atoms with Gasteiger partial charge in [0.2, 0.25) is 0 Å². The molecule has 0 saturated heterocycles. The predicted octanol–water partition coefficient (Wildman–Crippen LogP) is 14.4. The summed E-state index contributed by atoms with van der Waals surface area (Å²) in [7, 11) is 0. The predicted molar refractivity (Wildman–Crippen MR) is 220 cm³/mol. The molecule has 0 radical (unpaired) electrons. The number of para-hydroxylation sites is 4. The van der Waals surface area contributed by atoms with Crippen LogP contribution in [0.5, 0.6) is 0 Å². The first kappa shape index (κ1) is 30.0. The van der Waals surface area contributed by atoms with Crippen LogP contribution in [0.3, 0.4) is 0 Å². The summed E-state index contributed by atoms with van der Waals surface area (Å²) < 4.78 is 6.63. The molecule has 0 atom stereocenters. The van der Waals surface area contributed by atoms with Crippen LogP contribution in [0.1, 0.15) is 0 Å². The molecule has 52 heavy (non-hydrogen) atoms. The second kappa shape index (κ2) is 12.5. The van der Waals surface area contributed by atoms with Crippen molar-refractivity contribution in [2.45, 2.75) is 0 Å². The molecule has 244 valence electrons. The lowest BCUT2D eigenvalue weighted by atomic mass is 9.90. The van der Waals surface area contributed by atoms with E-state index in [9.17, 15) is 0 Å². The molecule has 0 aliphatic carbocycles. The Kier molecular flexibility index (Phi) is 7.18. The largest absolute Gasteiger partial charge is 0.455 e. The topological polar surface area (TPSA) is 16.4 Å². The summed E-state index contributed by atoms with van der Waals surface area (Å²) in [6.45, 7) is 0. The zero-order chi connectivity index (χ0) is 34.4. The van der Waals surface area contributed by atoms with Crippen LogP contribution >= 0.6 is 0 Å². The Morgan fingerprint density at radius 1 is 0.308 bits per heavy atom. The Morgan fingerprint density at radius 3 is 1.62 bits per heavy atom. The summed E-state index contributed by atoms with van der Waals surface area (Å²) in [5.41, 5.74) is 12.0. The van der Waals surface area contributed by atoms with E-state index in [1.807, 2.05) is 6.07 Å². The molecule has 0 amide bonds. The summed E-state index contributed by atoms with van der Waals surface area (Å²) >= 11 is 0. The monoisotopic (exact) mass is 663 g/mol. The maximum Gasteiger partial charge on any atom is 0.143 e. The Balaban J connectivity index is 1.28. The molecular weight excluding hydrogens is 631 g/mol. The van der Waals surface area contributed by atoms with Crippen molar-refractivity contribution in [3.05, 3.63) is 200 Å². The molecule has 1 heterocycles. The standard InChI is InChI=1S/C50H33NO/c1-2-16-35(17-3-1)38-26-12-20-36-21-13-27-42(49(36)38)39-23-6-9-30-46(39)51(45-32-14-19-34-18-4-5-22-37(34)45)47-31-10-7-24-40(47)43-28-15-29-44-41-25-8-11-33-48(41)52-50(43)44/h1-33H. The fourth-order valence-electron chi connectivity index (χ4n) is 7.97. The van der Waals surface area contributed by atoms with E-state index in [2.05, 4.69) is 199 Å². The van der Waals surface area contributed by atoms with Gasteiger partial charge >= 0.3 is 0 Å². The molecule has 0 N–H and O–H groups in total. The molecule has 0 unspecified atom stereocenters. The number of rotatable bonds is 6. The lowest BCUT2D eigenvalue weighted by Crippen LogP contribution is -2.13. The number of hydrogen-bond acceptors (Lipinski definition) is 2. The Labute approximate surface area is 302 Å². The van der Waals surface area contributed by atoms with Crippen molar-refractivity contribution >= 4 is 60.5 Å². The van der Waals surface area contributed by atoms with Crippen molar-refractivity contribution in [3.63, 3.8) is 0 Å². The first-order chi connectivity index (χ1) is 25.8. The van der Waals surface area contributed by atoms with Crippen molar-refractivity contribution < 1.29 is 4.42 Å². The van der Waals surface area contributed by atoms with E-state index < -0.39 is 0 Å². The highest BCUT2D eigenvalue weighted by atomic mass is 16.3. The first-order valence-corrected chi connectivity index (χ1v) is 17.8. The quantitative estimate of drug-likeness (QED) is 0.176. The highest BCUT2D eigenvalue weighted by molar-refractivity contribution is 6.13. The van der Waals surface area contributed by atoms with Gasteiger partial charge in [-0.2, -0.15) is 0 Å². The summed E-state index contributed by atoms with van der Waals surface area (Å²) in [6.07, 6.45) is 0. The molecular formula is C50H33NO. The highest BCUT2D eigenvalue weighted by Gasteiger charge is 2.24. The van der Waals surface area contributed by atoms with Crippen LogP contribution in [0, 0.1) is 0 Å². The van der Waals surface area contributed by atoms with Crippen molar-refractivity contribution in [3.8, 4) is 33.4 Å². The molecule has 0 spiro atoms. The van der Waals surface area contributed by atoms with E-state index in [1.165, 1.54) is 38.2 Å². The van der Waals surface area contributed by atoms with Crippen LogP contribution in [0.2, 0.25) is 0 Å². The molecule has 9 aromatic carbocycles. The molecule has 2 nitrogen and oxygen atoms in total. The van der Waals surface area contributed by atoms with E-state index >= 15 is 0 Å². The van der Waals surface area contributed by atoms with Crippen molar-refractivity contribution in [1.82, 2.24) is 0 Å². The molecule has 10 aromatic rings. The van der Waals surface area contributed by atoms with Gasteiger partial charge in [-0.15, -0.1) is 0 Å². The summed E-state index contributed by atoms with van der Waals surface area (Å²) in [6, 6.07) is 71.7. The minimum Gasteiger partial charge on any atom is -0.455 e. The second-order valence-electron chi connectivity index (χ2n) is 13.2. The van der Waals surface area contributed by atoms with Crippen LogP contribution in [-0.4, -0.2) is 0 Å². The summed E-state index contributed by atoms with van der Waals surface area (Å²) in [4.78, 5) is 2.46. The van der Waals surface area contributed by atoms with Crippen molar-refractivity contribution in [1.29, 1.82) is 0 Å². The van der Waals surface area contributed by atoms with Crippen molar-refractivity contribution in [2.75, 3.05) is 4.90 Å². The third-order valence-electron chi connectivity index (χ3n) is 10.3. The van der Waals surface area contributed by atoms with Gasteiger partial charge in [-0.05, 0) is 57.1 Å². The molecule has 0 aliphatic heterocycles. The minimum atomic E-state index is 0.892. The maximum atomic E-state index is 6.63. The van der Waals surface area contributed by atoms with Gasteiger partial charge in [-0.25, -0.2) is 0 Å². The molecule has 0 fully saturated rings. The van der Waals surface area contributed by atoms with Gasteiger partial charge in [0, 0.05) is 32.8 Å². The Bertz CT molecular complexity index is 2910.